The van der Waals surface area contributed by atoms with Gasteiger partial charge in [0.1, 0.15) is 11.2 Å². The van der Waals surface area contributed by atoms with E-state index in [1.807, 2.05) is 11.3 Å². The Morgan fingerprint density at radius 2 is 1.04 bits per heavy atom. The van der Waals surface area contributed by atoms with Crippen molar-refractivity contribution in [2.45, 2.75) is 12.3 Å². The molecule has 1 aliphatic carbocycles. The lowest BCUT2D eigenvalue weighted by Gasteiger charge is -2.29. The van der Waals surface area contributed by atoms with Gasteiger partial charge in [0.15, 0.2) is 0 Å². The lowest BCUT2D eigenvalue weighted by molar-refractivity contribution is 0.667. The molecule has 0 atom stereocenters. The summed E-state index contributed by atoms with van der Waals surface area (Å²) >= 11 is 1.85. The number of rotatable bonds is 5. The number of hydrogen-bond donors (Lipinski definition) is 0. The minimum Gasteiger partial charge on any atom is -0.455 e. The van der Waals surface area contributed by atoms with Crippen molar-refractivity contribution in [3.8, 4) is 22.3 Å². The van der Waals surface area contributed by atoms with E-state index in [0.717, 1.165) is 44.7 Å². The van der Waals surface area contributed by atoms with Crippen molar-refractivity contribution in [3.05, 3.63) is 199 Å². The molecule has 2 aromatic heterocycles. The molecule has 10 aromatic rings. The van der Waals surface area contributed by atoms with Crippen LogP contribution in [0.15, 0.2) is 186 Å². The monoisotopic (exact) mass is 695 g/mol. The van der Waals surface area contributed by atoms with Gasteiger partial charge in [-0.25, -0.2) is 0 Å². The highest BCUT2D eigenvalue weighted by Gasteiger charge is 2.42. The number of benzene rings is 8. The topological polar surface area (TPSA) is 16.4 Å². The van der Waals surface area contributed by atoms with E-state index in [0.29, 0.717) is 0 Å². The standard InChI is InChI=1S/C50H33NOS/c1-50(42-20-8-5-15-37(42)38-16-6-9-21-43(38)50)44-22-12-23-45-48(44)41-19-11-18-36(49(41)52-45)32-25-27-34(28-26-32)51(33-13-3-2-4-14-33)35-29-30-40-39-17-7-10-24-46(39)53-47(40)31-35/h2-31H,1H3. The van der Waals surface area contributed by atoms with E-state index < -0.39 is 0 Å². The predicted molar refractivity (Wildman–Crippen MR) is 224 cm³/mol. The highest BCUT2D eigenvalue weighted by atomic mass is 32.1. The van der Waals surface area contributed by atoms with Gasteiger partial charge >= 0.3 is 0 Å². The van der Waals surface area contributed by atoms with Crippen molar-refractivity contribution < 1.29 is 4.42 Å². The van der Waals surface area contributed by atoms with Crippen molar-refractivity contribution in [2.75, 3.05) is 4.90 Å². The van der Waals surface area contributed by atoms with E-state index in [4.69, 9.17) is 4.42 Å². The zero-order valence-corrected chi connectivity index (χ0v) is 29.9. The number of para-hydroxylation sites is 2. The van der Waals surface area contributed by atoms with Gasteiger partial charge in [-0.15, -0.1) is 11.3 Å². The summed E-state index contributed by atoms with van der Waals surface area (Å²) in [4.78, 5) is 2.35. The van der Waals surface area contributed by atoms with Crippen molar-refractivity contribution in [1.82, 2.24) is 0 Å². The van der Waals surface area contributed by atoms with Gasteiger partial charge in [0.2, 0.25) is 0 Å². The summed E-state index contributed by atoms with van der Waals surface area (Å²) in [6.07, 6.45) is 0. The molecular formula is C50H33NOS. The van der Waals surface area contributed by atoms with E-state index in [2.05, 4.69) is 194 Å². The van der Waals surface area contributed by atoms with Crippen LogP contribution in [-0.4, -0.2) is 0 Å². The van der Waals surface area contributed by atoms with Crippen LogP contribution in [0.1, 0.15) is 23.6 Å². The van der Waals surface area contributed by atoms with Crippen molar-refractivity contribution in [2.24, 2.45) is 0 Å². The van der Waals surface area contributed by atoms with Gasteiger partial charge in [0.25, 0.3) is 0 Å². The normalized spacial score (nSPS) is 13.2. The molecule has 11 rings (SSSR count). The lowest BCUT2D eigenvalue weighted by Crippen LogP contribution is -2.22. The molecule has 250 valence electrons. The fraction of sp³-hybridized carbons (Fsp3) is 0.0400. The second-order valence-electron chi connectivity index (χ2n) is 14.2. The zero-order chi connectivity index (χ0) is 35.1. The summed E-state index contributed by atoms with van der Waals surface area (Å²) in [6, 6.07) is 66.0. The van der Waals surface area contributed by atoms with E-state index >= 15 is 0 Å². The van der Waals surface area contributed by atoms with Crippen molar-refractivity contribution in [1.29, 1.82) is 0 Å². The van der Waals surface area contributed by atoms with E-state index in [1.165, 1.54) is 53.4 Å². The Morgan fingerprint density at radius 1 is 0.453 bits per heavy atom. The molecule has 0 aliphatic heterocycles. The van der Waals surface area contributed by atoms with Gasteiger partial charge in [0.05, 0.1) is 0 Å². The second kappa shape index (κ2) is 11.5. The molecule has 0 radical (unpaired) electrons. The summed E-state index contributed by atoms with van der Waals surface area (Å²) in [5.74, 6) is 0. The van der Waals surface area contributed by atoms with Crippen molar-refractivity contribution in [3.63, 3.8) is 0 Å². The average Bonchev–Trinajstić information content (AvgIpc) is 3.87. The second-order valence-corrected chi connectivity index (χ2v) is 15.3. The third kappa shape index (κ3) is 4.44. The first-order valence-corrected chi connectivity index (χ1v) is 19.0. The molecule has 0 amide bonds. The predicted octanol–water partition coefficient (Wildman–Crippen LogP) is 14.4. The molecule has 53 heavy (non-hydrogen) atoms. The number of nitrogens with zero attached hydrogens (tertiary/aromatic N) is 1. The van der Waals surface area contributed by atoms with Crippen LogP contribution in [0.25, 0.3) is 64.4 Å². The number of anilines is 3. The van der Waals surface area contributed by atoms with Gasteiger partial charge in [-0.1, -0.05) is 133 Å². The Hall–Kier alpha value is -6.42. The Bertz CT molecular complexity index is 2980. The van der Waals surface area contributed by atoms with Crippen LogP contribution in [0.5, 0.6) is 0 Å². The van der Waals surface area contributed by atoms with Crippen LogP contribution < -0.4 is 4.90 Å². The van der Waals surface area contributed by atoms with Gasteiger partial charge in [0, 0.05) is 59.0 Å². The fourth-order valence-electron chi connectivity index (χ4n) is 8.90. The van der Waals surface area contributed by atoms with Gasteiger partial charge in [-0.3, -0.25) is 0 Å². The maximum Gasteiger partial charge on any atom is 0.143 e. The number of furan rings is 1. The summed E-state index contributed by atoms with van der Waals surface area (Å²) in [7, 11) is 0. The number of thiophene rings is 1. The third-order valence-corrected chi connectivity index (χ3v) is 12.5. The summed E-state index contributed by atoms with van der Waals surface area (Å²) in [5.41, 5.74) is 13.6. The molecule has 0 saturated heterocycles. The first-order chi connectivity index (χ1) is 26.2. The van der Waals surface area contributed by atoms with Crippen LogP contribution in [0.2, 0.25) is 0 Å². The van der Waals surface area contributed by atoms with E-state index in [-0.39, 0.29) is 5.41 Å². The average molecular weight is 696 g/mol. The molecule has 8 aromatic carbocycles. The highest BCUT2D eigenvalue weighted by molar-refractivity contribution is 7.25. The molecule has 3 heteroatoms. The molecule has 2 nitrogen and oxygen atoms in total. The Labute approximate surface area is 311 Å². The first-order valence-electron chi connectivity index (χ1n) is 18.2. The Morgan fingerprint density at radius 3 is 1.83 bits per heavy atom. The van der Waals surface area contributed by atoms with Gasteiger partial charge in [-0.2, -0.15) is 0 Å². The quantitative estimate of drug-likeness (QED) is 0.178. The van der Waals surface area contributed by atoms with Crippen LogP contribution in [-0.2, 0) is 5.41 Å². The summed E-state index contributed by atoms with van der Waals surface area (Å²) < 4.78 is 9.43. The maximum atomic E-state index is 6.83. The highest BCUT2D eigenvalue weighted by Crippen LogP contribution is 2.54. The van der Waals surface area contributed by atoms with Crippen LogP contribution in [0.4, 0.5) is 17.1 Å². The fourth-order valence-corrected chi connectivity index (χ4v) is 10.0. The van der Waals surface area contributed by atoms with E-state index in [1.54, 1.807) is 0 Å². The third-order valence-electron chi connectivity index (χ3n) is 11.4. The summed E-state index contributed by atoms with van der Waals surface area (Å²) in [5, 5.41) is 4.94. The Kier molecular flexibility index (Phi) is 6.58. The van der Waals surface area contributed by atoms with Crippen molar-refractivity contribution >= 4 is 70.5 Å². The molecule has 0 bridgehead atoms. The molecule has 0 fully saturated rings. The van der Waals surface area contributed by atoms with Gasteiger partial charge < -0.3 is 9.32 Å². The zero-order valence-electron chi connectivity index (χ0n) is 29.1. The molecule has 0 N–H and O–H groups in total. The summed E-state index contributed by atoms with van der Waals surface area (Å²) in [6.45, 7) is 2.38. The number of hydrogen-bond acceptors (Lipinski definition) is 3. The smallest absolute Gasteiger partial charge is 0.143 e. The van der Waals surface area contributed by atoms with E-state index in [9.17, 15) is 0 Å². The minimum absolute atomic E-state index is 0.319. The molecule has 0 saturated carbocycles. The molecule has 0 spiro atoms. The first kappa shape index (κ1) is 30.2. The molecular weight excluding hydrogens is 663 g/mol. The number of fused-ring (bicyclic) bond motifs is 9. The Balaban J connectivity index is 1.04. The van der Waals surface area contributed by atoms with Crippen LogP contribution >= 0.6 is 11.3 Å². The minimum atomic E-state index is -0.319. The van der Waals surface area contributed by atoms with Crippen LogP contribution in [0, 0.1) is 0 Å². The molecule has 1 aliphatic rings. The molecule has 0 unspecified atom stereocenters. The maximum absolute atomic E-state index is 6.83. The molecule has 2 heterocycles. The van der Waals surface area contributed by atoms with Crippen LogP contribution in [0.3, 0.4) is 0 Å². The SMILES string of the molecule is CC1(c2cccc3oc4c(-c5ccc(N(c6ccccc6)c6ccc7c(c6)sc6ccccc67)cc5)cccc4c23)c2ccccc2-c2ccccc21. The largest absolute Gasteiger partial charge is 0.455 e. The van der Waals surface area contributed by atoms with Gasteiger partial charge in [-0.05, 0) is 88.8 Å². The lowest BCUT2D eigenvalue weighted by atomic mass is 9.73.